The second-order valence-electron chi connectivity index (χ2n) is 8.95. The molecule has 0 saturated carbocycles. The lowest BCUT2D eigenvalue weighted by Gasteiger charge is -2.21. The van der Waals surface area contributed by atoms with E-state index >= 15 is 0 Å². The highest BCUT2D eigenvalue weighted by atomic mass is 19.4. The number of furan rings is 1. The highest BCUT2D eigenvalue weighted by molar-refractivity contribution is 6.23. The van der Waals surface area contributed by atoms with Crippen molar-refractivity contribution in [2.45, 2.75) is 12.4 Å². The summed E-state index contributed by atoms with van der Waals surface area (Å²) < 4.78 is 86.0. The topological polar surface area (TPSA) is 70.8 Å². The van der Waals surface area contributed by atoms with Crippen LogP contribution in [0, 0.1) is 0 Å². The fraction of sp³-hybridized carbons (Fsp3) is 0.0667. The Bertz CT molecular complexity index is 1700. The van der Waals surface area contributed by atoms with E-state index in [4.69, 9.17) is 4.42 Å². The molecule has 41 heavy (non-hydrogen) atoms. The minimum atomic E-state index is -4.95. The van der Waals surface area contributed by atoms with Crippen molar-refractivity contribution in [1.82, 2.24) is 0 Å². The van der Waals surface area contributed by atoms with Crippen LogP contribution in [0.15, 0.2) is 101 Å². The molecule has 208 valence electrons. The Morgan fingerprint density at radius 3 is 2.12 bits per heavy atom. The zero-order valence-corrected chi connectivity index (χ0v) is 20.6. The fourth-order valence-corrected chi connectivity index (χ4v) is 4.35. The minimum absolute atomic E-state index is 0.0114. The summed E-state index contributed by atoms with van der Waals surface area (Å²) in [6.07, 6.45) is -7.04. The van der Waals surface area contributed by atoms with Gasteiger partial charge in [-0.1, -0.05) is 30.3 Å². The maximum absolute atomic E-state index is 13.6. The first-order valence-electron chi connectivity index (χ1n) is 11.9. The molecular formula is C30H17F6NO4. The second kappa shape index (κ2) is 10.2. The molecule has 1 aliphatic rings. The van der Waals surface area contributed by atoms with Gasteiger partial charge in [-0.05, 0) is 72.3 Å². The van der Waals surface area contributed by atoms with Gasteiger partial charge in [-0.3, -0.25) is 9.69 Å². The van der Waals surface area contributed by atoms with Crippen molar-refractivity contribution in [2.24, 2.45) is 0 Å². The number of carbonyl (C=O) groups excluding carboxylic acids is 1. The van der Waals surface area contributed by atoms with E-state index in [2.05, 4.69) is 0 Å². The van der Waals surface area contributed by atoms with Crippen LogP contribution in [0.25, 0.3) is 23.1 Å². The summed E-state index contributed by atoms with van der Waals surface area (Å²) in [5.41, 5.74) is -1.85. The van der Waals surface area contributed by atoms with E-state index in [0.717, 1.165) is 6.07 Å². The maximum Gasteiger partial charge on any atom is 0.417 e. The van der Waals surface area contributed by atoms with Crippen LogP contribution < -0.4 is 4.90 Å². The summed E-state index contributed by atoms with van der Waals surface area (Å²) in [6.45, 7) is 0. The van der Waals surface area contributed by atoms with E-state index in [1.165, 1.54) is 47.4 Å². The van der Waals surface area contributed by atoms with Crippen LogP contribution in [0.2, 0.25) is 0 Å². The van der Waals surface area contributed by atoms with Crippen LogP contribution in [0.3, 0.4) is 0 Å². The van der Waals surface area contributed by atoms with Crippen LogP contribution in [0.5, 0.6) is 0 Å². The Morgan fingerprint density at radius 2 is 1.51 bits per heavy atom. The van der Waals surface area contributed by atoms with Crippen molar-refractivity contribution in [2.75, 3.05) is 4.90 Å². The Balaban J connectivity index is 1.56. The van der Waals surface area contributed by atoms with E-state index in [-0.39, 0.29) is 16.9 Å². The Hall–Kier alpha value is -5.06. The number of rotatable bonds is 5. The molecule has 5 rings (SSSR count). The average molecular weight is 569 g/mol. The van der Waals surface area contributed by atoms with E-state index in [9.17, 15) is 41.0 Å². The highest BCUT2D eigenvalue weighted by Crippen LogP contribution is 2.42. The third-order valence-electron chi connectivity index (χ3n) is 6.27. The lowest BCUT2D eigenvalue weighted by Crippen LogP contribution is -2.25. The highest BCUT2D eigenvalue weighted by Gasteiger charge is 2.38. The second-order valence-corrected chi connectivity index (χ2v) is 8.95. The Labute approximate surface area is 228 Å². The van der Waals surface area contributed by atoms with Gasteiger partial charge in [-0.2, -0.15) is 26.3 Å². The van der Waals surface area contributed by atoms with Crippen LogP contribution in [-0.2, 0) is 17.1 Å². The number of carbonyl (C=O) groups is 2. The molecule has 3 aromatic carbocycles. The van der Waals surface area contributed by atoms with Crippen molar-refractivity contribution >= 4 is 29.3 Å². The van der Waals surface area contributed by atoms with Crippen molar-refractivity contribution in [3.05, 3.63) is 125 Å². The first-order valence-corrected chi connectivity index (χ1v) is 11.9. The molecule has 11 heteroatoms. The molecule has 1 N–H and O–H groups in total. The van der Waals surface area contributed by atoms with Gasteiger partial charge >= 0.3 is 18.3 Å². The summed E-state index contributed by atoms with van der Waals surface area (Å²) in [4.78, 5) is 26.1. The predicted octanol–water partition coefficient (Wildman–Crippen LogP) is 8.15. The molecule has 1 aromatic heterocycles. The number of carboxylic acids is 1. The third-order valence-corrected chi connectivity index (χ3v) is 6.27. The predicted molar refractivity (Wildman–Crippen MR) is 137 cm³/mol. The zero-order chi connectivity index (χ0) is 29.5. The molecule has 0 atom stereocenters. The number of hydrogen-bond donors (Lipinski definition) is 1. The molecule has 5 nitrogen and oxygen atoms in total. The number of aromatic carboxylic acids is 1. The summed E-state index contributed by atoms with van der Waals surface area (Å²) in [7, 11) is 0. The number of benzene rings is 3. The summed E-state index contributed by atoms with van der Waals surface area (Å²) in [6, 6.07) is 17.8. The van der Waals surface area contributed by atoms with E-state index in [1.807, 2.05) is 0 Å². The monoisotopic (exact) mass is 569 g/mol. The number of carboxylic acid groups (broad SMARTS) is 1. The van der Waals surface area contributed by atoms with Crippen molar-refractivity contribution in [3.63, 3.8) is 0 Å². The largest absolute Gasteiger partial charge is 0.478 e. The van der Waals surface area contributed by atoms with Gasteiger partial charge in [0.05, 0.1) is 22.4 Å². The van der Waals surface area contributed by atoms with Crippen LogP contribution in [-0.4, -0.2) is 17.0 Å². The molecule has 0 radical (unpaired) electrons. The Kier molecular flexibility index (Phi) is 6.82. The standard InChI is InChI=1S/C30H17F6NO4/c31-29(32,33)20-8-12-24(30(34,35)36)23(16-20)26-13-11-22(41-26)14-19-15-25(17-4-2-1-3-5-17)37(27(19)38)21-9-6-18(7-10-21)28(39)40/h1-16H,(H,39,40)/b19-14+. The van der Waals surface area contributed by atoms with Crippen LogP contribution >= 0.6 is 0 Å². The summed E-state index contributed by atoms with van der Waals surface area (Å²) in [5, 5.41) is 9.20. The lowest BCUT2D eigenvalue weighted by atomic mass is 10.0. The minimum Gasteiger partial charge on any atom is -0.478 e. The maximum atomic E-state index is 13.6. The number of alkyl halides is 6. The SMILES string of the molecule is O=C(O)c1ccc(N2C(=O)/C(=C/c3ccc(-c4cc(C(F)(F)F)ccc4C(F)(F)F)o3)C=C2c2ccccc2)cc1. The van der Waals surface area contributed by atoms with E-state index in [0.29, 0.717) is 35.1 Å². The van der Waals surface area contributed by atoms with E-state index in [1.54, 1.807) is 30.3 Å². The molecule has 0 bridgehead atoms. The number of nitrogens with zero attached hydrogens (tertiary/aromatic N) is 1. The van der Waals surface area contributed by atoms with Gasteiger partial charge in [-0.15, -0.1) is 0 Å². The number of anilines is 1. The molecule has 1 aliphatic heterocycles. The van der Waals surface area contributed by atoms with Gasteiger partial charge < -0.3 is 9.52 Å². The van der Waals surface area contributed by atoms with Crippen molar-refractivity contribution in [3.8, 4) is 11.3 Å². The molecule has 0 unspecified atom stereocenters. The molecule has 0 fully saturated rings. The fourth-order valence-electron chi connectivity index (χ4n) is 4.35. The molecule has 1 amide bonds. The van der Waals surface area contributed by atoms with Gasteiger partial charge in [0.25, 0.3) is 5.91 Å². The average Bonchev–Trinajstić information content (AvgIpc) is 3.52. The summed E-state index contributed by atoms with van der Waals surface area (Å²) in [5.74, 6) is -2.22. The van der Waals surface area contributed by atoms with Crippen LogP contribution in [0.1, 0.15) is 32.8 Å². The lowest BCUT2D eigenvalue weighted by molar-refractivity contribution is -0.141. The molecular weight excluding hydrogens is 552 g/mol. The first kappa shape index (κ1) is 27.5. The zero-order valence-electron chi connectivity index (χ0n) is 20.6. The quantitative estimate of drug-likeness (QED) is 0.195. The van der Waals surface area contributed by atoms with Crippen molar-refractivity contribution < 1.29 is 45.5 Å². The van der Waals surface area contributed by atoms with Crippen LogP contribution in [0.4, 0.5) is 32.0 Å². The van der Waals surface area contributed by atoms with Gasteiger partial charge in [-0.25, -0.2) is 4.79 Å². The van der Waals surface area contributed by atoms with Gasteiger partial charge in [0.15, 0.2) is 0 Å². The van der Waals surface area contributed by atoms with Gasteiger partial charge in [0.1, 0.15) is 11.5 Å². The molecule has 0 spiro atoms. The Morgan fingerprint density at radius 1 is 0.829 bits per heavy atom. The van der Waals surface area contributed by atoms with E-state index < -0.39 is 46.7 Å². The smallest absolute Gasteiger partial charge is 0.417 e. The molecule has 0 aliphatic carbocycles. The third kappa shape index (κ3) is 5.51. The number of halogens is 6. The molecule has 0 saturated heterocycles. The number of hydrogen-bond acceptors (Lipinski definition) is 3. The normalized spacial score (nSPS) is 15.0. The van der Waals surface area contributed by atoms with Gasteiger partial charge in [0.2, 0.25) is 0 Å². The van der Waals surface area contributed by atoms with Gasteiger partial charge in [0, 0.05) is 16.8 Å². The summed E-state index contributed by atoms with van der Waals surface area (Å²) >= 11 is 0. The number of amides is 1. The first-order chi connectivity index (χ1) is 19.3. The van der Waals surface area contributed by atoms with Crippen molar-refractivity contribution in [1.29, 1.82) is 0 Å². The molecule has 2 heterocycles. The molecule has 4 aromatic rings.